The van der Waals surface area contributed by atoms with Crippen LogP contribution in [0.5, 0.6) is 0 Å². The Morgan fingerprint density at radius 2 is 2.03 bits per heavy atom. The molecule has 3 heterocycles. The van der Waals surface area contributed by atoms with Crippen molar-refractivity contribution in [2.24, 2.45) is 5.92 Å². The molecule has 0 bridgehead atoms. The number of aromatic nitrogens is 2. The van der Waals surface area contributed by atoms with Gasteiger partial charge in [-0.2, -0.15) is 0 Å². The number of halogens is 1. The summed E-state index contributed by atoms with van der Waals surface area (Å²) in [6.45, 7) is 9.32. The number of fused-ring (bicyclic) bond motifs is 3. The summed E-state index contributed by atoms with van der Waals surface area (Å²) >= 11 is 7.89. The smallest absolute Gasteiger partial charge is 0.240 e. The Kier molecular flexibility index (Phi) is 6.30. The number of unbranched alkanes of at least 4 members (excludes halogenated alkanes) is 1. The molecular formula is C22H31ClN4OS. The first kappa shape index (κ1) is 20.9. The minimum Gasteiger partial charge on any atom is -0.352 e. The van der Waals surface area contributed by atoms with Crippen LogP contribution < -0.4 is 4.90 Å². The SMILES string of the molecule is CCCCc1nc(N2CCN(C(=O)[C@@H](C)Cl)CC2)c2c3c(sc2n1)C[C@H](C)CC3. The summed E-state index contributed by atoms with van der Waals surface area (Å²) in [6, 6.07) is 0. The lowest BCUT2D eigenvalue weighted by Gasteiger charge is -2.36. The van der Waals surface area contributed by atoms with E-state index >= 15 is 0 Å². The molecule has 1 saturated heterocycles. The quantitative estimate of drug-likeness (QED) is 0.653. The van der Waals surface area contributed by atoms with Crippen molar-refractivity contribution >= 4 is 44.9 Å². The van der Waals surface area contributed by atoms with Gasteiger partial charge in [0.25, 0.3) is 0 Å². The number of alkyl halides is 1. The molecule has 7 heteroatoms. The number of nitrogens with zero attached hydrogens (tertiary/aromatic N) is 4. The summed E-state index contributed by atoms with van der Waals surface area (Å²) in [5.41, 5.74) is 1.48. The Balaban J connectivity index is 1.67. The lowest BCUT2D eigenvalue weighted by molar-refractivity contribution is -0.130. The number of thiophene rings is 1. The molecule has 2 aromatic rings. The van der Waals surface area contributed by atoms with Crippen LogP contribution >= 0.6 is 22.9 Å². The molecular weight excluding hydrogens is 404 g/mol. The zero-order valence-corrected chi connectivity index (χ0v) is 19.3. The van der Waals surface area contributed by atoms with Crippen molar-refractivity contribution in [1.82, 2.24) is 14.9 Å². The van der Waals surface area contributed by atoms with Gasteiger partial charge < -0.3 is 9.80 Å². The van der Waals surface area contributed by atoms with E-state index in [0.29, 0.717) is 13.1 Å². The second-order valence-electron chi connectivity index (χ2n) is 8.53. The Labute approximate surface area is 182 Å². The normalized spacial score (nSPS) is 20.8. The zero-order chi connectivity index (χ0) is 20.5. The summed E-state index contributed by atoms with van der Waals surface area (Å²) in [7, 11) is 0. The number of aryl methyl sites for hydroxylation is 2. The summed E-state index contributed by atoms with van der Waals surface area (Å²) in [5.74, 6) is 2.84. The molecule has 1 amide bonds. The van der Waals surface area contributed by atoms with Crippen LogP contribution in [0.4, 0.5) is 5.82 Å². The highest BCUT2D eigenvalue weighted by molar-refractivity contribution is 7.19. The van der Waals surface area contributed by atoms with E-state index in [1.54, 1.807) is 6.92 Å². The van der Waals surface area contributed by atoms with Gasteiger partial charge >= 0.3 is 0 Å². The van der Waals surface area contributed by atoms with Crippen molar-refractivity contribution in [2.75, 3.05) is 31.1 Å². The van der Waals surface area contributed by atoms with Crippen LogP contribution in [-0.4, -0.2) is 52.3 Å². The van der Waals surface area contributed by atoms with E-state index < -0.39 is 5.38 Å². The Bertz CT molecular complexity index is 889. The average molecular weight is 435 g/mol. The maximum atomic E-state index is 12.3. The third-order valence-electron chi connectivity index (χ3n) is 6.17. The van der Waals surface area contributed by atoms with Crippen LogP contribution in [0.3, 0.4) is 0 Å². The lowest BCUT2D eigenvalue weighted by Crippen LogP contribution is -2.50. The molecule has 2 aliphatic rings. The zero-order valence-electron chi connectivity index (χ0n) is 17.7. The molecule has 0 N–H and O–H groups in total. The van der Waals surface area contributed by atoms with E-state index in [1.165, 1.54) is 22.2 Å². The number of carbonyl (C=O) groups is 1. The first-order valence-electron chi connectivity index (χ1n) is 11.0. The highest BCUT2D eigenvalue weighted by Gasteiger charge is 2.29. The highest BCUT2D eigenvalue weighted by Crippen LogP contribution is 2.41. The van der Waals surface area contributed by atoms with E-state index in [-0.39, 0.29) is 5.91 Å². The lowest BCUT2D eigenvalue weighted by atomic mass is 9.89. The molecule has 1 fully saturated rings. The standard InChI is InChI=1S/C22H31ClN4OS/c1-4-5-6-18-24-20(26-9-11-27(12-10-26)22(28)15(3)23)19-16-8-7-14(2)13-17(16)29-21(19)25-18/h14-15H,4-13H2,1-3H3/t14-,15-/m1/s1. The highest BCUT2D eigenvalue weighted by atomic mass is 35.5. The molecule has 29 heavy (non-hydrogen) atoms. The van der Waals surface area contributed by atoms with E-state index in [0.717, 1.165) is 67.6 Å². The molecule has 1 aliphatic heterocycles. The minimum atomic E-state index is -0.459. The predicted octanol–water partition coefficient (Wildman–Crippen LogP) is 4.43. The second kappa shape index (κ2) is 8.76. The predicted molar refractivity (Wildman–Crippen MR) is 121 cm³/mol. The van der Waals surface area contributed by atoms with Crippen LogP contribution in [0, 0.1) is 5.92 Å². The number of amides is 1. The summed E-state index contributed by atoms with van der Waals surface area (Å²) < 4.78 is 0. The van der Waals surface area contributed by atoms with Crippen molar-refractivity contribution in [3.05, 3.63) is 16.3 Å². The largest absolute Gasteiger partial charge is 0.352 e. The third kappa shape index (κ3) is 4.24. The first-order chi connectivity index (χ1) is 14.0. The van der Waals surface area contributed by atoms with Gasteiger partial charge in [0.2, 0.25) is 5.91 Å². The van der Waals surface area contributed by atoms with Gasteiger partial charge in [-0.3, -0.25) is 4.79 Å². The Morgan fingerprint density at radius 1 is 1.28 bits per heavy atom. The van der Waals surface area contributed by atoms with Crippen molar-refractivity contribution < 1.29 is 4.79 Å². The van der Waals surface area contributed by atoms with Crippen molar-refractivity contribution in [1.29, 1.82) is 0 Å². The van der Waals surface area contributed by atoms with Gasteiger partial charge in [0.15, 0.2) is 0 Å². The summed E-state index contributed by atoms with van der Waals surface area (Å²) in [5, 5.41) is 0.821. The maximum Gasteiger partial charge on any atom is 0.240 e. The van der Waals surface area contributed by atoms with Crippen molar-refractivity contribution in [2.45, 2.75) is 64.7 Å². The molecule has 0 unspecified atom stereocenters. The van der Waals surface area contributed by atoms with Gasteiger partial charge in [-0.05, 0) is 44.1 Å². The van der Waals surface area contributed by atoms with Gasteiger partial charge in [0.1, 0.15) is 21.8 Å². The van der Waals surface area contributed by atoms with Crippen LogP contribution in [0.25, 0.3) is 10.2 Å². The number of anilines is 1. The summed E-state index contributed by atoms with van der Waals surface area (Å²) in [6.07, 6.45) is 6.72. The molecule has 2 atom stereocenters. The third-order valence-corrected chi connectivity index (χ3v) is 7.50. The van der Waals surface area contributed by atoms with Gasteiger partial charge in [-0.15, -0.1) is 22.9 Å². The van der Waals surface area contributed by atoms with Crippen LogP contribution in [-0.2, 0) is 24.1 Å². The molecule has 4 rings (SSSR count). The Morgan fingerprint density at radius 3 is 2.72 bits per heavy atom. The maximum absolute atomic E-state index is 12.3. The minimum absolute atomic E-state index is 0.0321. The van der Waals surface area contributed by atoms with Crippen LogP contribution in [0.1, 0.15) is 56.3 Å². The van der Waals surface area contributed by atoms with Gasteiger partial charge in [-0.25, -0.2) is 9.97 Å². The van der Waals surface area contributed by atoms with Gasteiger partial charge in [0.05, 0.1) is 5.39 Å². The second-order valence-corrected chi connectivity index (χ2v) is 10.3. The van der Waals surface area contributed by atoms with Gasteiger partial charge in [-0.1, -0.05) is 20.3 Å². The fourth-order valence-electron chi connectivity index (χ4n) is 4.43. The molecule has 5 nitrogen and oxygen atoms in total. The number of hydrogen-bond donors (Lipinski definition) is 0. The summed E-state index contributed by atoms with van der Waals surface area (Å²) in [4.78, 5) is 29.2. The Hall–Kier alpha value is -1.40. The van der Waals surface area contributed by atoms with E-state index in [2.05, 4.69) is 18.7 Å². The van der Waals surface area contributed by atoms with E-state index in [9.17, 15) is 4.79 Å². The topological polar surface area (TPSA) is 49.3 Å². The van der Waals surface area contributed by atoms with Crippen molar-refractivity contribution in [3.63, 3.8) is 0 Å². The number of carbonyl (C=O) groups excluding carboxylic acids is 1. The fourth-order valence-corrected chi connectivity index (χ4v) is 5.97. The number of hydrogen-bond acceptors (Lipinski definition) is 5. The molecule has 158 valence electrons. The molecule has 0 saturated carbocycles. The molecule has 1 aliphatic carbocycles. The monoisotopic (exact) mass is 434 g/mol. The van der Waals surface area contributed by atoms with Crippen molar-refractivity contribution in [3.8, 4) is 0 Å². The average Bonchev–Trinajstić information content (AvgIpc) is 3.08. The van der Waals surface area contributed by atoms with Crippen LogP contribution in [0.2, 0.25) is 0 Å². The molecule has 2 aromatic heterocycles. The fraction of sp³-hybridized carbons (Fsp3) is 0.682. The molecule has 0 spiro atoms. The van der Waals surface area contributed by atoms with E-state index in [1.807, 2.05) is 16.2 Å². The van der Waals surface area contributed by atoms with Crippen LogP contribution in [0.15, 0.2) is 0 Å². The first-order valence-corrected chi connectivity index (χ1v) is 12.2. The molecule has 0 radical (unpaired) electrons. The number of piperazine rings is 1. The molecule has 0 aromatic carbocycles. The van der Waals surface area contributed by atoms with Gasteiger partial charge in [0, 0.05) is 37.5 Å². The van der Waals surface area contributed by atoms with E-state index in [4.69, 9.17) is 21.6 Å². The number of rotatable bonds is 5.